The molecule has 9 rings (SSSR count). The van der Waals surface area contributed by atoms with Gasteiger partial charge in [-0.2, -0.15) is 0 Å². The molecule has 8 bridgehead atoms. The highest BCUT2D eigenvalue weighted by molar-refractivity contribution is 6.51. The van der Waals surface area contributed by atoms with Gasteiger partial charge in [0.25, 0.3) is 5.69 Å². The number of hydrogen-bond acceptors (Lipinski definition) is 9. The highest BCUT2D eigenvalue weighted by Gasteiger charge is 2.31. The van der Waals surface area contributed by atoms with Gasteiger partial charge in [-0.05, 0) is 6.07 Å². The van der Waals surface area contributed by atoms with Crippen LogP contribution in [0.4, 0.5) is 0 Å². The summed E-state index contributed by atoms with van der Waals surface area (Å²) in [5.41, 5.74) is 4.09. The van der Waals surface area contributed by atoms with E-state index in [1.54, 1.807) is 0 Å². The van der Waals surface area contributed by atoms with E-state index in [-0.39, 0.29) is 42.9 Å². The molecular weight excluding hydrogens is 745 g/mol. The van der Waals surface area contributed by atoms with Crippen LogP contribution in [-0.2, 0) is 9.59 Å². The van der Waals surface area contributed by atoms with Crippen molar-refractivity contribution in [1.29, 1.82) is 0 Å². The van der Waals surface area contributed by atoms with E-state index >= 15 is 0 Å². The maximum atomic E-state index is 11.6. The Morgan fingerprint density at radius 1 is 0.623 bits per heavy atom. The van der Waals surface area contributed by atoms with Gasteiger partial charge in [0.1, 0.15) is 33.6 Å². The first-order valence-electron chi connectivity index (χ1n) is 16.0. The number of aromatic amines is 2. The van der Waals surface area contributed by atoms with E-state index in [1.165, 1.54) is 4.80 Å². The van der Waals surface area contributed by atoms with Gasteiger partial charge in [0.2, 0.25) is 11.5 Å². The zero-order chi connectivity index (χ0) is 36.5. The number of aromatic nitrogens is 9. The number of carboxylic acids is 2. The van der Waals surface area contributed by atoms with Gasteiger partial charge in [-0.25, -0.2) is 19.9 Å². The molecule has 0 radical (unpaired) electrons. The van der Waals surface area contributed by atoms with Crippen molar-refractivity contribution in [1.82, 2.24) is 40.1 Å². The number of H-pyrrole nitrogens is 2. The molecule has 0 spiro atoms. The summed E-state index contributed by atoms with van der Waals surface area (Å²) in [6, 6.07) is 22.6. The number of carboxylic acid groups (broad SMARTS) is 2. The Labute approximate surface area is 311 Å². The zero-order valence-corrected chi connectivity index (χ0v) is 29.1. The molecule has 0 unspecified atom stereocenters. The minimum atomic E-state index is -1.34. The van der Waals surface area contributed by atoms with E-state index in [0.717, 1.165) is 16.3 Å². The molecule has 7 aromatic rings. The smallest absolute Gasteiger partial charge is 0.307 e. The maximum Gasteiger partial charge on any atom is 0.307 e. The lowest BCUT2D eigenvalue weighted by Crippen LogP contribution is -2.35. The summed E-state index contributed by atoms with van der Waals surface area (Å²) >= 11 is 20.8. The molecule has 5 heterocycles. The molecule has 260 valence electrons. The number of fused-ring (bicyclic) bond motifs is 20. The standard InChI is InChI=1S/C36H20Cl3N9O5/c37-26-24-25(27(38)29(28(26)39)53-15(13-22(49)50)14-23(51)52)36-45-35(24)44-33-19-10-4-2-8-17(19)31(42-33)40-30-16-7-1-3-9-18(16)32(41-30)43-34-20-11-5-6-12-21(20)48(46-34)47-36/h1-12,15H,13-14H2,(H3,40,41,42,43,44,45,46,47,49,50,51,52)/p+1. The van der Waals surface area contributed by atoms with E-state index < -0.39 is 30.9 Å². The molecule has 0 saturated heterocycles. The Balaban J connectivity index is 1.43. The first-order chi connectivity index (χ1) is 25.6. The van der Waals surface area contributed by atoms with Gasteiger partial charge < -0.3 is 24.9 Å². The number of nitrogens with one attached hydrogen (secondary N) is 2. The average molecular weight is 766 g/mol. The summed E-state index contributed by atoms with van der Waals surface area (Å²) in [5, 5.41) is 30.3. The van der Waals surface area contributed by atoms with Crippen LogP contribution in [0.15, 0.2) is 72.8 Å². The van der Waals surface area contributed by atoms with Gasteiger partial charge in [-0.15, -0.1) is 0 Å². The van der Waals surface area contributed by atoms with Crippen molar-refractivity contribution in [3.8, 4) is 45.6 Å². The Morgan fingerprint density at radius 3 is 1.79 bits per heavy atom. The normalized spacial score (nSPS) is 11.9. The van der Waals surface area contributed by atoms with Crippen LogP contribution in [0, 0.1) is 0 Å². The lowest BCUT2D eigenvalue weighted by atomic mass is 10.1. The third kappa shape index (κ3) is 5.46. The Hall–Kier alpha value is -6.22. The Morgan fingerprint density at radius 2 is 1.15 bits per heavy atom. The summed E-state index contributed by atoms with van der Waals surface area (Å²) in [4.78, 5) is 50.9. The van der Waals surface area contributed by atoms with Gasteiger partial charge >= 0.3 is 11.9 Å². The monoisotopic (exact) mass is 764 g/mol. The van der Waals surface area contributed by atoms with E-state index in [4.69, 9.17) is 69.7 Å². The first kappa shape index (κ1) is 32.7. The molecule has 4 N–H and O–H groups in total. The number of hydrogen-bond donors (Lipinski definition) is 4. The summed E-state index contributed by atoms with van der Waals surface area (Å²) in [6.07, 6.45) is -2.63. The van der Waals surface area contributed by atoms with Crippen LogP contribution in [0.3, 0.4) is 0 Å². The molecule has 0 amide bonds. The molecule has 3 aromatic heterocycles. The van der Waals surface area contributed by atoms with Crippen LogP contribution in [0.2, 0.25) is 15.1 Å². The van der Waals surface area contributed by atoms with Crippen molar-refractivity contribution in [3.63, 3.8) is 0 Å². The van der Waals surface area contributed by atoms with Crippen LogP contribution < -0.4 is 9.53 Å². The third-order valence-corrected chi connectivity index (χ3v) is 9.97. The van der Waals surface area contributed by atoms with Crippen LogP contribution >= 0.6 is 34.8 Å². The fourth-order valence-electron chi connectivity index (χ4n) is 6.48. The number of nitrogens with zero attached hydrogens (tertiary/aromatic N) is 7. The van der Waals surface area contributed by atoms with Crippen molar-refractivity contribution in [3.05, 3.63) is 87.9 Å². The highest BCUT2D eigenvalue weighted by Crippen LogP contribution is 2.48. The summed E-state index contributed by atoms with van der Waals surface area (Å²) in [5.74, 6) is -1.72. The van der Waals surface area contributed by atoms with Crippen LogP contribution in [0.5, 0.6) is 5.75 Å². The summed E-state index contributed by atoms with van der Waals surface area (Å²) < 4.78 is 5.89. The average Bonchev–Trinajstić information content (AvgIpc) is 3.87. The topological polar surface area (TPSA) is 197 Å². The molecule has 0 atom stereocenters. The van der Waals surface area contributed by atoms with Crippen LogP contribution in [0.25, 0.3) is 84.0 Å². The molecule has 14 nitrogen and oxygen atoms in total. The number of ether oxygens (including phenoxy) is 1. The summed E-state index contributed by atoms with van der Waals surface area (Å²) in [6.45, 7) is 0. The van der Waals surface area contributed by atoms with Gasteiger partial charge in [-0.3, -0.25) is 9.59 Å². The zero-order valence-electron chi connectivity index (χ0n) is 26.8. The second-order valence-electron chi connectivity index (χ2n) is 12.1. The van der Waals surface area contributed by atoms with E-state index in [0.29, 0.717) is 45.6 Å². The van der Waals surface area contributed by atoms with E-state index in [9.17, 15) is 19.8 Å². The summed E-state index contributed by atoms with van der Waals surface area (Å²) in [7, 11) is 0. The highest BCUT2D eigenvalue weighted by atomic mass is 35.5. The number of halogens is 3. The van der Waals surface area contributed by atoms with Gasteiger partial charge in [0.05, 0.1) is 48.7 Å². The second-order valence-corrected chi connectivity index (χ2v) is 13.3. The number of rotatable bonds is 6. The minimum Gasteiger partial charge on any atom is -0.486 e. The fourth-order valence-corrected chi connectivity index (χ4v) is 7.36. The van der Waals surface area contributed by atoms with Gasteiger partial charge in [0, 0.05) is 28.0 Å². The lowest BCUT2D eigenvalue weighted by Gasteiger charge is -2.19. The largest absolute Gasteiger partial charge is 0.486 e. The number of para-hydroxylation sites is 1. The van der Waals surface area contributed by atoms with Crippen molar-refractivity contribution in [2.24, 2.45) is 0 Å². The number of aliphatic carboxylic acids is 2. The van der Waals surface area contributed by atoms with Crippen molar-refractivity contribution in [2.45, 2.75) is 18.9 Å². The van der Waals surface area contributed by atoms with Gasteiger partial charge in [-0.1, -0.05) is 95.5 Å². The molecule has 17 heteroatoms. The molecular formula is C36H21Cl3N9O5+. The minimum absolute atomic E-state index is 0.0632. The quantitative estimate of drug-likeness (QED) is 0.0992. The number of benzene rings is 4. The molecule has 4 aromatic carbocycles. The van der Waals surface area contributed by atoms with Crippen molar-refractivity contribution >= 4 is 90.9 Å². The third-order valence-electron chi connectivity index (χ3n) is 8.77. The van der Waals surface area contributed by atoms with Crippen LogP contribution in [0.1, 0.15) is 12.8 Å². The molecule has 0 fully saturated rings. The molecule has 2 aliphatic heterocycles. The molecule has 0 aliphatic carbocycles. The predicted molar refractivity (Wildman–Crippen MR) is 196 cm³/mol. The second kappa shape index (κ2) is 12.5. The fraction of sp³-hybridized carbons (Fsp3) is 0.0833. The van der Waals surface area contributed by atoms with E-state index in [1.807, 2.05) is 72.8 Å². The molecule has 2 aliphatic rings. The Bertz CT molecular complexity index is 2900. The Kier molecular flexibility index (Phi) is 7.69. The molecule has 53 heavy (non-hydrogen) atoms. The number of carbonyl (C=O) groups is 2. The van der Waals surface area contributed by atoms with Crippen molar-refractivity contribution in [2.75, 3.05) is 0 Å². The van der Waals surface area contributed by atoms with Crippen molar-refractivity contribution < 1.29 is 29.3 Å². The van der Waals surface area contributed by atoms with E-state index in [2.05, 4.69) is 9.97 Å². The molecule has 0 saturated carbocycles. The predicted octanol–water partition coefficient (Wildman–Crippen LogP) is 7.14. The van der Waals surface area contributed by atoms with Gasteiger partial charge in [0.15, 0.2) is 17.4 Å². The lowest BCUT2D eigenvalue weighted by molar-refractivity contribution is -0.711. The maximum absolute atomic E-state index is 11.6. The first-order valence-corrected chi connectivity index (χ1v) is 17.1. The SMILES string of the molecule is O=C(O)CC(CC(=O)O)Oc1c(Cl)c(Cl)c2c3nc4nc(nc5[nH]c(nc6n[n+](nc([nH]3)c2c1Cl)-c1ccccc1-6)c1ccccc51)-c1ccccc1-4. The van der Waals surface area contributed by atoms with Crippen LogP contribution in [-0.4, -0.2) is 68.4 Å².